The van der Waals surface area contributed by atoms with E-state index in [1.165, 1.54) is 32.8 Å². The van der Waals surface area contributed by atoms with Crippen molar-refractivity contribution in [1.29, 1.82) is 0 Å². The first-order valence-electron chi connectivity index (χ1n) is 7.15. The lowest BCUT2D eigenvalue weighted by Gasteiger charge is -2.50. The third-order valence-electron chi connectivity index (χ3n) is 6.26. The van der Waals surface area contributed by atoms with Gasteiger partial charge in [-0.2, -0.15) is 0 Å². The fourth-order valence-electron chi connectivity index (χ4n) is 5.31. The molecule has 5 atom stereocenters. The van der Waals surface area contributed by atoms with Crippen LogP contribution in [0.15, 0.2) is 0 Å². The van der Waals surface area contributed by atoms with Crippen molar-refractivity contribution in [2.45, 2.75) is 50.8 Å². The van der Waals surface area contributed by atoms with E-state index in [1.807, 2.05) is 0 Å². The quantitative estimate of drug-likeness (QED) is 0.544. The molecule has 3 aliphatic carbocycles. The van der Waals surface area contributed by atoms with Crippen molar-refractivity contribution in [3.05, 3.63) is 0 Å². The number of carbonyl (C=O) groups excluding carboxylic acids is 1. The smallest absolute Gasteiger partial charge is 0.308 e. The molecule has 3 rings (SSSR count). The number of ether oxygens (including phenoxy) is 1. The van der Waals surface area contributed by atoms with E-state index < -0.39 is 0 Å². The van der Waals surface area contributed by atoms with Crippen molar-refractivity contribution < 1.29 is 9.53 Å². The van der Waals surface area contributed by atoms with Crippen LogP contribution in [0.5, 0.6) is 0 Å². The fraction of sp³-hybridized carbons (Fsp3) is 0.933. The number of hydrogen-bond acceptors (Lipinski definition) is 2. The Morgan fingerprint density at radius 2 is 2.11 bits per heavy atom. The highest BCUT2D eigenvalue weighted by molar-refractivity contribution is 9.09. The van der Waals surface area contributed by atoms with Gasteiger partial charge in [0.15, 0.2) is 0 Å². The van der Waals surface area contributed by atoms with Crippen LogP contribution in [0.3, 0.4) is 0 Å². The topological polar surface area (TPSA) is 26.3 Å². The van der Waals surface area contributed by atoms with Crippen LogP contribution in [0.2, 0.25) is 0 Å². The van der Waals surface area contributed by atoms with Gasteiger partial charge in [0.1, 0.15) is 0 Å². The van der Waals surface area contributed by atoms with Crippen molar-refractivity contribution >= 4 is 21.9 Å². The summed E-state index contributed by atoms with van der Waals surface area (Å²) in [7, 11) is 1.53. The molecule has 3 saturated carbocycles. The number of carbonyl (C=O) groups is 1. The van der Waals surface area contributed by atoms with E-state index in [0.29, 0.717) is 21.6 Å². The average Bonchev–Trinajstić information content (AvgIpc) is 2.83. The Bertz CT molecular complexity index is 379. The van der Waals surface area contributed by atoms with Crippen LogP contribution >= 0.6 is 15.9 Å². The van der Waals surface area contributed by atoms with Gasteiger partial charge in [0, 0.05) is 4.83 Å². The molecule has 0 radical (unpaired) electrons. The molecule has 0 saturated heterocycles. The van der Waals surface area contributed by atoms with E-state index in [0.717, 1.165) is 12.3 Å². The van der Waals surface area contributed by atoms with Crippen LogP contribution in [-0.2, 0) is 9.53 Å². The van der Waals surface area contributed by atoms with Gasteiger partial charge in [-0.25, -0.2) is 0 Å². The van der Waals surface area contributed by atoms with Gasteiger partial charge in [0.05, 0.1) is 13.0 Å². The van der Waals surface area contributed by atoms with Gasteiger partial charge in [0.2, 0.25) is 0 Å². The molecule has 1 spiro atoms. The van der Waals surface area contributed by atoms with Crippen LogP contribution in [0.25, 0.3) is 0 Å². The Labute approximate surface area is 118 Å². The van der Waals surface area contributed by atoms with E-state index in [-0.39, 0.29) is 11.9 Å². The maximum absolute atomic E-state index is 12.0. The van der Waals surface area contributed by atoms with Crippen LogP contribution in [0.4, 0.5) is 0 Å². The van der Waals surface area contributed by atoms with E-state index >= 15 is 0 Å². The Kier molecular flexibility index (Phi) is 2.86. The molecule has 0 amide bonds. The number of rotatable bonds is 1. The van der Waals surface area contributed by atoms with Gasteiger partial charge in [-0.05, 0) is 48.3 Å². The minimum atomic E-state index is 0.0316. The first-order chi connectivity index (χ1) is 8.43. The summed E-state index contributed by atoms with van der Waals surface area (Å²) in [6.07, 6.45) is 6.05. The molecule has 0 aromatic rings. The Hall–Kier alpha value is -0.0500. The molecule has 0 N–H and O–H groups in total. The lowest BCUT2D eigenvalue weighted by Crippen LogP contribution is -2.49. The summed E-state index contributed by atoms with van der Waals surface area (Å²) in [5.41, 5.74) is 0.750. The number of methoxy groups -OCH3 is 1. The third kappa shape index (κ3) is 1.43. The molecule has 0 heterocycles. The zero-order valence-corrected chi connectivity index (χ0v) is 13.1. The van der Waals surface area contributed by atoms with Crippen LogP contribution in [-0.4, -0.2) is 17.9 Å². The second-order valence-electron chi connectivity index (χ2n) is 7.18. The predicted octanol–water partition coefficient (Wildman–Crippen LogP) is 3.78. The SMILES string of the molecule is COC(=O)[C@@H]1CCC[C@]23C[C@H](C[C@@H]12)C(C)(C)[C@H]3Br. The standard InChI is InChI=1S/C15H23BrO2/c1-14(2)9-7-11-10(12(17)18-3)5-4-6-15(11,8-9)13(14)16/h9-11,13H,4-8H2,1-3H3/t9-,10+,11-,13+,15-/m0/s1. The molecule has 3 heteroatoms. The summed E-state index contributed by atoms with van der Waals surface area (Å²) in [6.45, 7) is 4.79. The molecule has 18 heavy (non-hydrogen) atoms. The first-order valence-corrected chi connectivity index (χ1v) is 8.07. The Morgan fingerprint density at radius 3 is 2.72 bits per heavy atom. The van der Waals surface area contributed by atoms with Gasteiger partial charge in [0.25, 0.3) is 0 Å². The minimum absolute atomic E-state index is 0.0316. The van der Waals surface area contributed by atoms with Gasteiger partial charge in [-0.1, -0.05) is 36.2 Å². The maximum atomic E-state index is 12.0. The number of esters is 1. The molecule has 0 aliphatic heterocycles. The summed E-state index contributed by atoms with van der Waals surface area (Å²) >= 11 is 4.00. The van der Waals surface area contributed by atoms with Gasteiger partial charge >= 0.3 is 5.97 Å². The molecule has 0 aromatic heterocycles. The summed E-state index contributed by atoms with van der Waals surface area (Å²) in [6, 6.07) is 0. The highest BCUT2D eigenvalue weighted by atomic mass is 79.9. The van der Waals surface area contributed by atoms with Crippen molar-refractivity contribution in [2.75, 3.05) is 7.11 Å². The molecular weight excluding hydrogens is 292 g/mol. The Balaban J connectivity index is 1.94. The van der Waals surface area contributed by atoms with E-state index in [2.05, 4.69) is 29.8 Å². The third-order valence-corrected chi connectivity index (χ3v) is 8.35. The molecule has 0 unspecified atom stereocenters. The molecule has 3 aliphatic rings. The molecule has 2 bridgehead atoms. The summed E-state index contributed by atoms with van der Waals surface area (Å²) in [5, 5.41) is 0. The molecule has 2 nitrogen and oxygen atoms in total. The second kappa shape index (κ2) is 3.97. The van der Waals surface area contributed by atoms with Gasteiger partial charge < -0.3 is 4.74 Å². The van der Waals surface area contributed by atoms with Crippen LogP contribution in [0, 0.1) is 28.6 Å². The largest absolute Gasteiger partial charge is 0.469 e. The van der Waals surface area contributed by atoms with Crippen molar-refractivity contribution in [3.63, 3.8) is 0 Å². The molecule has 0 aromatic carbocycles. The maximum Gasteiger partial charge on any atom is 0.308 e. The fourth-order valence-corrected chi connectivity index (χ4v) is 6.43. The highest BCUT2D eigenvalue weighted by Gasteiger charge is 2.67. The molecule has 3 fully saturated rings. The van der Waals surface area contributed by atoms with Crippen LogP contribution in [0.1, 0.15) is 46.0 Å². The lowest BCUT2D eigenvalue weighted by atomic mass is 9.57. The second-order valence-corrected chi connectivity index (χ2v) is 8.10. The lowest BCUT2D eigenvalue weighted by molar-refractivity contribution is -0.152. The average molecular weight is 315 g/mol. The normalized spacial score (nSPS) is 48.9. The first kappa shape index (κ1) is 13.0. The van der Waals surface area contributed by atoms with Gasteiger partial charge in [-0.3, -0.25) is 4.79 Å². The summed E-state index contributed by atoms with van der Waals surface area (Å²) in [5.74, 6) is 1.52. The zero-order valence-electron chi connectivity index (χ0n) is 11.5. The molecule has 102 valence electrons. The van der Waals surface area contributed by atoms with Gasteiger partial charge in [-0.15, -0.1) is 0 Å². The van der Waals surface area contributed by atoms with E-state index in [9.17, 15) is 4.79 Å². The van der Waals surface area contributed by atoms with Crippen molar-refractivity contribution in [1.82, 2.24) is 0 Å². The Morgan fingerprint density at radius 1 is 1.39 bits per heavy atom. The minimum Gasteiger partial charge on any atom is -0.469 e. The van der Waals surface area contributed by atoms with Crippen molar-refractivity contribution in [2.24, 2.45) is 28.6 Å². The molecular formula is C15H23BrO2. The monoisotopic (exact) mass is 314 g/mol. The number of alkyl halides is 1. The number of fused-ring (bicyclic) bond motifs is 1. The summed E-state index contributed by atoms with van der Waals surface area (Å²) in [4.78, 5) is 12.6. The number of halogens is 1. The van der Waals surface area contributed by atoms with Crippen LogP contribution < -0.4 is 0 Å². The zero-order chi connectivity index (χ0) is 13.1. The van der Waals surface area contributed by atoms with E-state index in [4.69, 9.17) is 4.74 Å². The predicted molar refractivity (Wildman–Crippen MR) is 74.5 cm³/mol. The summed E-state index contributed by atoms with van der Waals surface area (Å²) < 4.78 is 5.04. The van der Waals surface area contributed by atoms with Crippen molar-refractivity contribution in [3.8, 4) is 0 Å². The van der Waals surface area contributed by atoms with E-state index in [1.54, 1.807) is 0 Å². The number of hydrogen-bond donors (Lipinski definition) is 0. The highest BCUT2D eigenvalue weighted by Crippen LogP contribution is 2.72.